The van der Waals surface area contributed by atoms with Crippen molar-refractivity contribution in [2.75, 3.05) is 6.61 Å². The third-order valence-electron chi connectivity index (χ3n) is 4.80. The molecule has 3 aromatic rings. The molecule has 1 aliphatic rings. The van der Waals surface area contributed by atoms with E-state index in [1.807, 2.05) is 0 Å². The molecule has 2 aromatic heterocycles. The number of hydrogen-bond donors (Lipinski definition) is 1. The van der Waals surface area contributed by atoms with Gasteiger partial charge in [0.2, 0.25) is 0 Å². The maximum absolute atomic E-state index is 13.9. The minimum Gasteiger partial charge on any atom is -0.465 e. The van der Waals surface area contributed by atoms with E-state index in [9.17, 15) is 18.0 Å². The van der Waals surface area contributed by atoms with Gasteiger partial charge in [-0.2, -0.15) is 14.6 Å². The van der Waals surface area contributed by atoms with Gasteiger partial charge < -0.3 is 4.74 Å². The molecule has 1 saturated carbocycles. The standard InChI is InChI=1S/C18H17F3N4O2/c1-2-27-17-22-16-13(10-7-11(19)14(21)12(20)8-10)15(9-5-3-4-6-9)24-25(16)18(26)23-17/h7-9H,2-6H2,1H3,(H,22,23,26). The van der Waals surface area contributed by atoms with Crippen molar-refractivity contribution in [1.82, 2.24) is 19.6 Å². The normalized spacial score (nSPS) is 15.0. The van der Waals surface area contributed by atoms with Gasteiger partial charge in [-0.05, 0) is 37.5 Å². The van der Waals surface area contributed by atoms with Crippen LogP contribution in [0.2, 0.25) is 0 Å². The molecule has 1 fully saturated rings. The molecule has 0 spiro atoms. The highest BCUT2D eigenvalue weighted by atomic mass is 19.2. The predicted molar refractivity (Wildman–Crippen MR) is 91.3 cm³/mol. The van der Waals surface area contributed by atoms with Crippen molar-refractivity contribution in [3.8, 4) is 17.1 Å². The Labute approximate surface area is 152 Å². The van der Waals surface area contributed by atoms with E-state index < -0.39 is 23.1 Å². The van der Waals surface area contributed by atoms with Crippen LogP contribution in [0.4, 0.5) is 13.2 Å². The van der Waals surface area contributed by atoms with Crippen LogP contribution >= 0.6 is 0 Å². The van der Waals surface area contributed by atoms with E-state index >= 15 is 0 Å². The summed E-state index contributed by atoms with van der Waals surface area (Å²) in [5, 5.41) is 4.37. The van der Waals surface area contributed by atoms with E-state index in [0.29, 0.717) is 11.3 Å². The molecule has 142 valence electrons. The van der Waals surface area contributed by atoms with E-state index in [-0.39, 0.29) is 29.7 Å². The lowest BCUT2D eigenvalue weighted by Gasteiger charge is -2.09. The SMILES string of the molecule is CCOc1nc2c(-c3cc(F)c(F)c(F)c3)c(C3CCCC3)nn2c(=O)[nH]1. The van der Waals surface area contributed by atoms with Gasteiger partial charge in [-0.15, -0.1) is 0 Å². The average Bonchev–Trinajstić information content (AvgIpc) is 3.27. The van der Waals surface area contributed by atoms with Gasteiger partial charge in [-0.3, -0.25) is 4.98 Å². The zero-order chi connectivity index (χ0) is 19.1. The van der Waals surface area contributed by atoms with Gasteiger partial charge in [0.05, 0.1) is 17.9 Å². The summed E-state index contributed by atoms with van der Waals surface area (Å²) >= 11 is 0. The van der Waals surface area contributed by atoms with Crippen LogP contribution in [0.1, 0.15) is 44.2 Å². The first-order valence-electron chi connectivity index (χ1n) is 8.80. The van der Waals surface area contributed by atoms with Crippen LogP contribution in [-0.2, 0) is 0 Å². The van der Waals surface area contributed by atoms with Crippen molar-refractivity contribution in [3.05, 3.63) is 45.8 Å². The Morgan fingerprint density at radius 3 is 2.52 bits per heavy atom. The quantitative estimate of drug-likeness (QED) is 0.705. The molecule has 0 bridgehead atoms. The monoisotopic (exact) mass is 378 g/mol. The largest absolute Gasteiger partial charge is 0.465 e. The van der Waals surface area contributed by atoms with E-state index in [1.165, 1.54) is 0 Å². The van der Waals surface area contributed by atoms with Crippen LogP contribution in [0.5, 0.6) is 6.01 Å². The van der Waals surface area contributed by atoms with Crippen molar-refractivity contribution in [1.29, 1.82) is 0 Å². The second kappa shape index (κ2) is 6.71. The molecule has 1 aromatic carbocycles. The Bertz CT molecular complexity index is 1050. The Hall–Kier alpha value is -2.84. The number of aromatic nitrogens is 4. The number of hydrogen-bond acceptors (Lipinski definition) is 4. The fourth-order valence-corrected chi connectivity index (χ4v) is 3.61. The first kappa shape index (κ1) is 17.6. The summed E-state index contributed by atoms with van der Waals surface area (Å²) in [6.07, 6.45) is 3.69. The zero-order valence-electron chi connectivity index (χ0n) is 14.6. The lowest BCUT2D eigenvalue weighted by Crippen LogP contribution is -2.20. The first-order valence-corrected chi connectivity index (χ1v) is 8.80. The highest BCUT2D eigenvalue weighted by Gasteiger charge is 2.28. The molecule has 0 aliphatic heterocycles. The summed E-state index contributed by atoms with van der Waals surface area (Å²) in [7, 11) is 0. The number of halogens is 3. The molecule has 1 N–H and O–H groups in total. The van der Waals surface area contributed by atoms with E-state index in [4.69, 9.17) is 4.74 Å². The molecule has 9 heteroatoms. The van der Waals surface area contributed by atoms with Gasteiger partial charge in [-0.1, -0.05) is 12.8 Å². The molecule has 0 amide bonds. The van der Waals surface area contributed by atoms with Crippen LogP contribution in [0, 0.1) is 17.5 Å². The third kappa shape index (κ3) is 2.96. The van der Waals surface area contributed by atoms with Gasteiger partial charge in [-0.25, -0.2) is 18.0 Å². The second-order valence-electron chi connectivity index (χ2n) is 6.51. The number of rotatable bonds is 4. The summed E-state index contributed by atoms with van der Waals surface area (Å²) in [6, 6.07) is 1.78. The Morgan fingerprint density at radius 2 is 1.89 bits per heavy atom. The molecule has 6 nitrogen and oxygen atoms in total. The summed E-state index contributed by atoms with van der Waals surface area (Å²) in [4.78, 5) is 19.1. The average molecular weight is 378 g/mol. The smallest absolute Gasteiger partial charge is 0.352 e. The maximum atomic E-state index is 13.9. The maximum Gasteiger partial charge on any atom is 0.352 e. The number of benzene rings is 1. The number of nitrogens with zero attached hydrogens (tertiary/aromatic N) is 3. The highest BCUT2D eigenvalue weighted by Crippen LogP contribution is 2.40. The molecule has 1 aliphatic carbocycles. The predicted octanol–water partition coefficient (Wildman–Crippen LogP) is 3.56. The van der Waals surface area contributed by atoms with Crippen molar-refractivity contribution < 1.29 is 17.9 Å². The topological polar surface area (TPSA) is 72.3 Å². The van der Waals surface area contributed by atoms with Gasteiger partial charge in [0.15, 0.2) is 23.1 Å². The summed E-state index contributed by atoms with van der Waals surface area (Å²) < 4.78 is 47.5. The van der Waals surface area contributed by atoms with Gasteiger partial charge >= 0.3 is 5.69 Å². The van der Waals surface area contributed by atoms with Crippen molar-refractivity contribution in [3.63, 3.8) is 0 Å². The fourth-order valence-electron chi connectivity index (χ4n) is 3.61. The molecule has 4 rings (SSSR count). The molecule has 0 radical (unpaired) electrons. The van der Waals surface area contributed by atoms with Gasteiger partial charge in [0.1, 0.15) is 0 Å². The van der Waals surface area contributed by atoms with Crippen LogP contribution in [0.3, 0.4) is 0 Å². The van der Waals surface area contributed by atoms with Crippen LogP contribution in [0.25, 0.3) is 16.8 Å². The molecular formula is C18H17F3N4O2. The lowest BCUT2D eigenvalue weighted by molar-refractivity contribution is 0.310. The second-order valence-corrected chi connectivity index (χ2v) is 6.51. The zero-order valence-corrected chi connectivity index (χ0v) is 14.6. The minimum atomic E-state index is -1.54. The molecular weight excluding hydrogens is 361 g/mol. The Balaban J connectivity index is 2.03. The van der Waals surface area contributed by atoms with Gasteiger partial charge in [0.25, 0.3) is 6.01 Å². The van der Waals surface area contributed by atoms with E-state index in [1.54, 1.807) is 6.92 Å². The van der Waals surface area contributed by atoms with E-state index in [2.05, 4.69) is 15.1 Å². The number of aromatic amines is 1. The highest BCUT2D eigenvalue weighted by molar-refractivity contribution is 5.80. The summed E-state index contributed by atoms with van der Waals surface area (Å²) in [5.41, 5.74) is 0.492. The molecule has 2 heterocycles. The molecule has 0 atom stereocenters. The van der Waals surface area contributed by atoms with E-state index in [0.717, 1.165) is 42.3 Å². The lowest BCUT2D eigenvalue weighted by atomic mass is 9.95. The molecule has 27 heavy (non-hydrogen) atoms. The third-order valence-corrected chi connectivity index (χ3v) is 4.80. The van der Waals surface area contributed by atoms with Gasteiger partial charge in [0, 0.05) is 5.92 Å². The van der Waals surface area contributed by atoms with Crippen LogP contribution in [0.15, 0.2) is 16.9 Å². The number of H-pyrrole nitrogens is 1. The number of nitrogens with one attached hydrogen (secondary N) is 1. The molecule has 0 saturated heterocycles. The molecule has 0 unspecified atom stereocenters. The van der Waals surface area contributed by atoms with Crippen LogP contribution < -0.4 is 10.4 Å². The first-order chi connectivity index (χ1) is 13.0. The van der Waals surface area contributed by atoms with Crippen molar-refractivity contribution in [2.45, 2.75) is 38.5 Å². The Morgan fingerprint density at radius 1 is 1.22 bits per heavy atom. The van der Waals surface area contributed by atoms with Crippen molar-refractivity contribution >= 4 is 5.65 Å². The number of fused-ring (bicyclic) bond motifs is 1. The minimum absolute atomic E-state index is 0.0165. The summed E-state index contributed by atoms with van der Waals surface area (Å²) in [6.45, 7) is 2.01. The van der Waals surface area contributed by atoms with Crippen LogP contribution in [-0.4, -0.2) is 26.2 Å². The van der Waals surface area contributed by atoms with Crippen molar-refractivity contribution in [2.24, 2.45) is 0 Å². The number of ether oxygens (including phenoxy) is 1. The fraction of sp³-hybridized carbons (Fsp3) is 0.389. The summed E-state index contributed by atoms with van der Waals surface area (Å²) in [5.74, 6) is -4.13. The Kier molecular flexibility index (Phi) is 4.37.